The molecule has 0 aliphatic rings. The molecule has 0 unspecified atom stereocenters. The number of phenols is 1. The third kappa shape index (κ3) is 5.39. The zero-order valence-electron chi connectivity index (χ0n) is 17.5. The third-order valence-electron chi connectivity index (χ3n) is 4.63. The quantitative estimate of drug-likeness (QED) is 0.233. The van der Waals surface area contributed by atoms with Crippen molar-refractivity contribution in [3.8, 4) is 22.8 Å². The molecule has 0 bridgehead atoms. The first kappa shape index (κ1) is 22.5. The zero-order chi connectivity index (χ0) is 23.2. The number of carbonyl (C=O) groups is 1. The molecule has 0 aliphatic heterocycles. The molecule has 0 fully saturated rings. The summed E-state index contributed by atoms with van der Waals surface area (Å²) in [5.74, 6) is 0.476. The minimum absolute atomic E-state index is 0.0691. The number of phenolic OH excluding ortho intramolecular Hbond substituents is 1. The lowest BCUT2D eigenvalue weighted by Crippen LogP contribution is -2.21. The molecule has 2 N–H and O–H groups in total. The molecular weight excluding hydrogens is 460 g/mol. The van der Waals surface area contributed by atoms with E-state index < -0.39 is 0 Å². The van der Waals surface area contributed by atoms with Crippen LogP contribution in [0.2, 0.25) is 5.02 Å². The smallest absolute Gasteiger partial charge is 0.250 e. The second kappa shape index (κ2) is 10.3. The van der Waals surface area contributed by atoms with E-state index >= 15 is 0 Å². The standard InChI is InChI=1S/C23H19ClN6O2S/c1-15(19-4-2-3-5-20(19)31)26-27-21(32)14-33-23-29-28-22(16-10-12-25-13-11-16)30(23)18-8-6-17(24)7-9-18/h2-13,31H,14H2,1H3,(H,27,32). The van der Waals surface area contributed by atoms with Crippen molar-refractivity contribution in [2.45, 2.75) is 12.1 Å². The highest BCUT2D eigenvalue weighted by Gasteiger charge is 2.17. The molecule has 0 atom stereocenters. The topological polar surface area (TPSA) is 105 Å². The molecule has 0 spiro atoms. The molecule has 0 aliphatic carbocycles. The summed E-state index contributed by atoms with van der Waals surface area (Å²) in [5.41, 5.74) is 5.22. The highest BCUT2D eigenvalue weighted by Crippen LogP contribution is 2.28. The highest BCUT2D eigenvalue weighted by atomic mass is 35.5. The molecule has 2 heterocycles. The Balaban J connectivity index is 1.53. The predicted octanol–water partition coefficient (Wildman–Crippen LogP) is 4.32. The zero-order valence-corrected chi connectivity index (χ0v) is 19.1. The number of benzene rings is 2. The van der Waals surface area contributed by atoms with Gasteiger partial charge in [-0.25, -0.2) is 5.43 Å². The average Bonchev–Trinajstić information content (AvgIpc) is 3.26. The number of halogens is 1. The van der Waals surface area contributed by atoms with Gasteiger partial charge in [0.15, 0.2) is 11.0 Å². The Labute approximate surface area is 199 Å². The number of rotatable bonds is 7. The van der Waals surface area contributed by atoms with Gasteiger partial charge in [-0.2, -0.15) is 5.10 Å². The maximum Gasteiger partial charge on any atom is 0.250 e. The molecule has 0 saturated heterocycles. The van der Waals surface area contributed by atoms with Gasteiger partial charge in [0.05, 0.1) is 11.5 Å². The van der Waals surface area contributed by atoms with Gasteiger partial charge in [-0.05, 0) is 55.5 Å². The number of amides is 1. The van der Waals surface area contributed by atoms with E-state index in [0.29, 0.717) is 27.3 Å². The van der Waals surface area contributed by atoms with Crippen LogP contribution in [-0.4, -0.2) is 42.2 Å². The van der Waals surface area contributed by atoms with Gasteiger partial charge in [-0.15, -0.1) is 10.2 Å². The molecular formula is C23H19ClN6O2S. The van der Waals surface area contributed by atoms with E-state index in [4.69, 9.17) is 11.6 Å². The summed E-state index contributed by atoms with van der Waals surface area (Å²) in [6, 6.07) is 17.8. The van der Waals surface area contributed by atoms with Crippen LogP contribution in [0.25, 0.3) is 17.1 Å². The summed E-state index contributed by atoms with van der Waals surface area (Å²) in [6.45, 7) is 1.71. The van der Waals surface area contributed by atoms with Crippen molar-refractivity contribution in [2.75, 3.05) is 5.75 Å². The van der Waals surface area contributed by atoms with E-state index in [9.17, 15) is 9.90 Å². The fraction of sp³-hybridized carbons (Fsp3) is 0.0870. The van der Waals surface area contributed by atoms with Gasteiger partial charge in [0.1, 0.15) is 5.75 Å². The van der Waals surface area contributed by atoms with Crippen molar-refractivity contribution in [1.82, 2.24) is 25.2 Å². The Bertz CT molecular complexity index is 1290. The first-order valence-electron chi connectivity index (χ1n) is 9.89. The van der Waals surface area contributed by atoms with Gasteiger partial charge >= 0.3 is 0 Å². The van der Waals surface area contributed by atoms with E-state index in [-0.39, 0.29) is 17.4 Å². The number of para-hydroxylation sites is 1. The van der Waals surface area contributed by atoms with Crippen LogP contribution in [0, 0.1) is 0 Å². The van der Waals surface area contributed by atoms with Crippen LogP contribution in [0.1, 0.15) is 12.5 Å². The van der Waals surface area contributed by atoms with Crippen molar-refractivity contribution in [3.63, 3.8) is 0 Å². The molecule has 33 heavy (non-hydrogen) atoms. The number of nitrogens with one attached hydrogen (secondary N) is 1. The van der Waals surface area contributed by atoms with E-state index in [0.717, 1.165) is 11.3 Å². The van der Waals surface area contributed by atoms with Crippen LogP contribution in [-0.2, 0) is 4.79 Å². The van der Waals surface area contributed by atoms with E-state index in [1.807, 2.05) is 28.8 Å². The summed E-state index contributed by atoms with van der Waals surface area (Å²) in [4.78, 5) is 16.5. The number of hydrogen-bond acceptors (Lipinski definition) is 7. The molecule has 166 valence electrons. The van der Waals surface area contributed by atoms with Crippen LogP contribution in [0.4, 0.5) is 0 Å². The molecule has 0 saturated carbocycles. The molecule has 0 radical (unpaired) electrons. The van der Waals surface area contributed by atoms with E-state index in [2.05, 4.69) is 25.7 Å². The maximum absolute atomic E-state index is 12.4. The molecule has 2 aromatic carbocycles. The van der Waals surface area contributed by atoms with Crippen molar-refractivity contribution in [2.24, 2.45) is 5.10 Å². The lowest BCUT2D eigenvalue weighted by Gasteiger charge is -2.10. The Kier molecular flexibility index (Phi) is 7.01. The Morgan fingerprint density at radius 3 is 2.55 bits per heavy atom. The highest BCUT2D eigenvalue weighted by molar-refractivity contribution is 7.99. The van der Waals surface area contributed by atoms with E-state index in [1.54, 1.807) is 55.7 Å². The maximum atomic E-state index is 12.4. The second-order valence-electron chi connectivity index (χ2n) is 6.89. The van der Waals surface area contributed by atoms with Crippen molar-refractivity contribution >= 4 is 35.0 Å². The van der Waals surface area contributed by atoms with Crippen LogP contribution in [0.5, 0.6) is 5.75 Å². The van der Waals surface area contributed by atoms with E-state index in [1.165, 1.54) is 11.8 Å². The van der Waals surface area contributed by atoms with Gasteiger partial charge in [0.25, 0.3) is 5.91 Å². The average molecular weight is 479 g/mol. The number of aromatic nitrogens is 4. The summed E-state index contributed by atoms with van der Waals surface area (Å²) in [7, 11) is 0. The van der Waals surface area contributed by atoms with Crippen LogP contribution >= 0.6 is 23.4 Å². The molecule has 10 heteroatoms. The first-order valence-corrected chi connectivity index (χ1v) is 11.3. The monoisotopic (exact) mass is 478 g/mol. The van der Waals surface area contributed by atoms with Gasteiger partial charge in [0, 0.05) is 34.2 Å². The van der Waals surface area contributed by atoms with Gasteiger partial charge in [0.2, 0.25) is 0 Å². The number of hydrogen-bond donors (Lipinski definition) is 2. The minimum Gasteiger partial charge on any atom is -0.507 e. The number of hydrazone groups is 1. The second-order valence-corrected chi connectivity index (χ2v) is 8.27. The largest absolute Gasteiger partial charge is 0.507 e. The van der Waals surface area contributed by atoms with Crippen LogP contribution < -0.4 is 5.43 Å². The number of aromatic hydroxyl groups is 1. The fourth-order valence-electron chi connectivity index (χ4n) is 3.02. The first-order chi connectivity index (χ1) is 16.0. The number of thioether (sulfide) groups is 1. The fourth-order valence-corrected chi connectivity index (χ4v) is 3.89. The van der Waals surface area contributed by atoms with Crippen LogP contribution in [0.3, 0.4) is 0 Å². The summed E-state index contributed by atoms with van der Waals surface area (Å²) >= 11 is 7.28. The van der Waals surface area contributed by atoms with Gasteiger partial charge in [-0.3, -0.25) is 14.3 Å². The van der Waals surface area contributed by atoms with Gasteiger partial charge in [-0.1, -0.05) is 35.5 Å². The molecule has 4 aromatic rings. The Morgan fingerprint density at radius 1 is 1.09 bits per heavy atom. The summed E-state index contributed by atoms with van der Waals surface area (Å²) < 4.78 is 1.86. The van der Waals surface area contributed by atoms with Crippen molar-refractivity contribution in [1.29, 1.82) is 0 Å². The Morgan fingerprint density at radius 2 is 1.82 bits per heavy atom. The number of pyridine rings is 1. The molecule has 4 rings (SSSR count). The lowest BCUT2D eigenvalue weighted by molar-refractivity contribution is -0.118. The minimum atomic E-state index is -0.314. The molecule has 2 aromatic heterocycles. The summed E-state index contributed by atoms with van der Waals surface area (Å²) in [6.07, 6.45) is 3.36. The normalized spacial score (nSPS) is 11.4. The van der Waals surface area contributed by atoms with Crippen molar-refractivity contribution < 1.29 is 9.90 Å². The van der Waals surface area contributed by atoms with Crippen molar-refractivity contribution in [3.05, 3.63) is 83.6 Å². The molecule has 8 nitrogen and oxygen atoms in total. The summed E-state index contributed by atoms with van der Waals surface area (Å²) in [5, 5.41) is 23.8. The van der Waals surface area contributed by atoms with Crippen LogP contribution in [0.15, 0.2) is 83.3 Å². The lowest BCUT2D eigenvalue weighted by atomic mass is 10.1. The predicted molar refractivity (Wildman–Crippen MR) is 129 cm³/mol. The Hall–Kier alpha value is -3.69. The molecule has 1 amide bonds. The number of carbonyl (C=O) groups excluding carboxylic acids is 1. The number of nitrogens with zero attached hydrogens (tertiary/aromatic N) is 5. The van der Waals surface area contributed by atoms with Gasteiger partial charge < -0.3 is 5.11 Å². The third-order valence-corrected chi connectivity index (χ3v) is 5.81. The SMILES string of the molecule is CC(=NNC(=O)CSc1nnc(-c2ccncc2)n1-c1ccc(Cl)cc1)c1ccccc1O.